The third-order valence-electron chi connectivity index (χ3n) is 4.73. The molecule has 1 N–H and O–H groups in total. The van der Waals surface area contributed by atoms with Crippen molar-refractivity contribution < 1.29 is 4.79 Å². The fraction of sp³-hybridized carbons (Fsp3) is 0.200. The van der Waals surface area contributed by atoms with Gasteiger partial charge in [-0.05, 0) is 60.0 Å². The summed E-state index contributed by atoms with van der Waals surface area (Å²) in [4.78, 5) is 17.1. The second-order valence-corrected chi connectivity index (χ2v) is 7.37. The van der Waals surface area contributed by atoms with Gasteiger partial charge in [0.15, 0.2) is 11.3 Å². The smallest absolute Gasteiger partial charge is 0.276 e. The van der Waals surface area contributed by atoms with E-state index in [1.165, 1.54) is 0 Å². The molecule has 0 radical (unpaired) electrons. The molecule has 4 aromatic rings. The fourth-order valence-corrected chi connectivity index (χ4v) is 3.51. The Morgan fingerprint density at radius 2 is 2.04 bits per heavy atom. The van der Waals surface area contributed by atoms with Crippen LogP contribution in [-0.2, 0) is 6.54 Å². The summed E-state index contributed by atoms with van der Waals surface area (Å²) in [5, 5.41) is 12.0. The summed E-state index contributed by atoms with van der Waals surface area (Å²) in [5.74, 6) is -0.275. The Morgan fingerprint density at radius 1 is 1.21 bits per heavy atom. The molecule has 0 fully saturated rings. The first-order valence-corrected chi connectivity index (χ1v) is 9.73. The first kappa shape index (κ1) is 18.4. The molecule has 0 aliphatic heterocycles. The van der Waals surface area contributed by atoms with Crippen molar-refractivity contribution in [1.82, 2.24) is 24.4 Å². The van der Waals surface area contributed by atoms with Crippen LogP contribution in [0.4, 0.5) is 5.69 Å². The third-order valence-corrected chi connectivity index (χ3v) is 5.31. The second-order valence-electron chi connectivity index (χ2n) is 6.51. The van der Waals surface area contributed by atoms with Gasteiger partial charge in [0.1, 0.15) is 5.69 Å². The highest BCUT2D eigenvalue weighted by Gasteiger charge is 2.18. The third kappa shape index (κ3) is 3.20. The molecule has 8 heteroatoms. The molecule has 0 aliphatic carbocycles. The molecule has 3 heterocycles. The number of aromatic nitrogens is 5. The Bertz CT molecular complexity index is 1190. The van der Waals surface area contributed by atoms with Gasteiger partial charge in [-0.15, -0.1) is 0 Å². The number of carbonyl (C=O) groups excluding carboxylic acids is 1. The standard InChI is InChI=1S/C20H19BrN6O/c1-4-26-11-14(21)19(25-26)17-8-9-22-18-10-16(24-27(17)18)20(28)23-15-7-5-6-12(2)13(15)3/h5-11H,4H2,1-3H3,(H,23,28). The van der Waals surface area contributed by atoms with Gasteiger partial charge in [0, 0.05) is 30.7 Å². The van der Waals surface area contributed by atoms with Crippen LogP contribution in [0, 0.1) is 13.8 Å². The Morgan fingerprint density at radius 3 is 2.79 bits per heavy atom. The highest BCUT2D eigenvalue weighted by Crippen LogP contribution is 2.27. The van der Waals surface area contributed by atoms with Crippen LogP contribution in [0.15, 0.2) is 47.2 Å². The fourth-order valence-electron chi connectivity index (χ4n) is 2.99. The zero-order valence-corrected chi connectivity index (χ0v) is 17.4. The number of amides is 1. The molecule has 0 unspecified atom stereocenters. The summed E-state index contributed by atoms with van der Waals surface area (Å²) >= 11 is 3.55. The maximum atomic E-state index is 12.8. The molecule has 28 heavy (non-hydrogen) atoms. The highest BCUT2D eigenvalue weighted by atomic mass is 79.9. The molecule has 1 amide bonds. The van der Waals surface area contributed by atoms with E-state index < -0.39 is 0 Å². The van der Waals surface area contributed by atoms with Gasteiger partial charge < -0.3 is 5.32 Å². The van der Waals surface area contributed by atoms with E-state index in [4.69, 9.17) is 0 Å². The minimum Gasteiger partial charge on any atom is -0.320 e. The maximum Gasteiger partial charge on any atom is 0.276 e. The van der Waals surface area contributed by atoms with Crippen LogP contribution in [0.1, 0.15) is 28.5 Å². The maximum absolute atomic E-state index is 12.8. The lowest BCUT2D eigenvalue weighted by molar-refractivity contribution is 0.102. The Kier molecular flexibility index (Phi) is 4.72. The first-order valence-electron chi connectivity index (χ1n) is 8.93. The van der Waals surface area contributed by atoms with Gasteiger partial charge in [0.25, 0.3) is 5.91 Å². The summed E-state index contributed by atoms with van der Waals surface area (Å²) in [6.07, 6.45) is 3.61. The van der Waals surface area contributed by atoms with Crippen LogP contribution in [0.5, 0.6) is 0 Å². The second kappa shape index (κ2) is 7.20. The number of rotatable bonds is 4. The largest absolute Gasteiger partial charge is 0.320 e. The van der Waals surface area contributed by atoms with E-state index in [1.54, 1.807) is 16.8 Å². The summed E-state index contributed by atoms with van der Waals surface area (Å²) in [7, 11) is 0. The number of nitrogens with zero attached hydrogens (tertiary/aromatic N) is 5. The monoisotopic (exact) mass is 438 g/mol. The molecule has 3 aromatic heterocycles. The molecule has 1 aromatic carbocycles. The van der Waals surface area contributed by atoms with Gasteiger partial charge in [-0.25, -0.2) is 9.50 Å². The van der Waals surface area contributed by atoms with Crippen LogP contribution in [0.25, 0.3) is 17.0 Å². The summed E-state index contributed by atoms with van der Waals surface area (Å²) in [6.45, 7) is 6.78. The van der Waals surface area contributed by atoms with Gasteiger partial charge in [-0.1, -0.05) is 12.1 Å². The number of nitrogens with one attached hydrogen (secondary N) is 1. The number of aryl methyl sites for hydroxylation is 2. The lowest BCUT2D eigenvalue weighted by atomic mass is 10.1. The Labute approximate surface area is 170 Å². The van der Waals surface area contributed by atoms with Crippen molar-refractivity contribution in [2.75, 3.05) is 5.32 Å². The van der Waals surface area contributed by atoms with Crippen molar-refractivity contribution in [3.63, 3.8) is 0 Å². The van der Waals surface area contributed by atoms with Crippen LogP contribution in [-0.4, -0.2) is 30.3 Å². The predicted molar refractivity (Wildman–Crippen MR) is 111 cm³/mol. The lowest BCUT2D eigenvalue weighted by Crippen LogP contribution is -2.14. The zero-order valence-electron chi connectivity index (χ0n) is 15.8. The van der Waals surface area contributed by atoms with Crippen molar-refractivity contribution in [3.8, 4) is 11.4 Å². The van der Waals surface area contributed by atoms with Crippen molar-refractivity contribution in [1.29, 1.82) is 0 Å². The van der Waals surface area contributed by atoms with Crippen LogP contribution >= 0.6 is 15.9 Å². The number of fused-ring (bicyclic) bond motifs is 1. The number of hydrogen-bond acceptors (Lipinski definition) is 4. The number of anilines is 1. The molecule has 0 aliphatic rings. The zero-order chi connectivity index (χ0) is 19.8. The van der Waals surface area contributed by atoms with E-state index in [-0.39, 0.29) is 5.91 Å². The Balaban J connectivity index is 1.73. The molecule has 4 rings (SSSR count). The summed E-state index contributed by atoms with van der Waals surface area (Å²) < 4.78 is 4.34. The van der Waals surface area contributed by atoms with Crippen LogP contribution < -0.4 is 5.32 Å². The van der Waals surface area contributed by atoms with Crippen molar-refractivity contribution in [2.24, 2.45) is 0 Å². The van der Waals surface area contributed by atoms with Crippen molar-refractivity contribution >= 4 is 33.2 Å². The number of hydrogen-bond donors (Lipinski definition) is 1. The van der Waals surface area contributed by atoms with E-state index in [9.17, 15) is 4.79 Å². The van der Waals surface area contributed by atoms with Gasteiger partial charge in [-0.2, -0.15) is 10.2 Å². The lowest BCUT2D eigenvalue weighted by Gasteiger charge is -2.08. The van der Waals surface area contributed by atoms with Crippen LogP contribution in [0.2, 0.25) is 0 Å². The molecule has 0 saturated carbocycles. The minimum atomic E-state index is -0.275. The molecular weight excluding hydrogens is 420 g/mol. The van der Waals surface area contributed by atoms with Gasteiger partial charge >= 0.3 is 0 Å². The molecular formula is C20H19BrN6O. The number of benzene rings is 1. The van der Waals surface area contributed by atoms with E-state index in [2.05, 4.69) is 36.4 Å². The molecule has 0 bridgehead atoms. The summed E-state index contributed by atoms with van der Waals surface area (Å²) in [5.41, 5.74) is 5.32. The van der Waals surface area contributed by atoms with E-state index >= 15 is 0 Å². The molecule has 0 atom stereocenters. The average Bonchev–Trinajstić information content (AvgIpc) is 3.28. The highest BCUT2D eigenvalue weighted by molar-refractivity contribution is 9.10. The van der Waals surface area contributed by atoms with Crippen molar-refractivity contribution in [2.45, 2.75) is 27.3 Å². The number of carbonyl (C=O) groups is 1. The quantitative estimate of drug-likeness (QED) is 0.516. The molecule has 0 spiro atoms. The minimum absolute atomic E-state index is 0.275. The molecule has 7 nitrogen and oxygen atoms in total. The van der Waals surface area contributed by atoms with Gasteiger partial charge in [0.05, 0.1) is 10.2 Å². The van der Waals surface area contributed by atoms with E-state index in [0.717, 1.165) is 39.2 Å². The van der Waals surface area contributed by atoms with Crippen molar-refractivity contribution in [3.05, 3.63) is 64.0 Å². The van der Waals surface area contributed by atoms with Gasteiger partial charge in [0.2, 0.25) is 0 Å². The number of halogens is 1. The molecule has 142 valence electrons. The van der Waals surface area contributed by atoms with E-state index in [1.807, 2.05) is 55.9 Å². The SMILES string of the molecule is CCn1cc(Br)c(-c2ccnc3cc(C(=O)Nc4cccc(C)c4C)nn23)n1. The normalized spacial score (nSPS) is 11.1. The summed E-state index contributed by atoms with van der Waals surface area (Å²) in [6, 6.07) is 9.32. The van der Waals surface area contributed by atoms with Crippen LogP contribution in [0.3, 0.4) is 0 Å². The predicted octanol–water partition coefficient (Wildman–Crippen LogP) is 4.24. The Hall–Kier alpha value is -3.00. The average molecular weight is 439 g/mol. The molecule has 0 saturated heterocycles. The van der Waals surface area contributed by atoms with E-state index in [0.29, 0.717) is 11.3 Å². The first-order chi connectivity index (χ1) is 13.5. The topological polar surface area (TPSA) is 77.1 Å². The van der Waals surface area contributed by atoms with Gasteiger partial charge in [-0.3, -0.25) is 9.48 Å².